The smallest absolute Gasteiger partial charge is 0.141 e. The van der Waals surface area contributed by atoms with Gasteiger partial charge in [-0.1, -0.05) is 171 Å². The molecule has 0 heterocycles. The fraction of sp³-hybridized carbons (Fsp3) is 0. The summed E-state index contributed by atoms with van der Waals surface area (Å²) in [5.74, 6) is 0. The van der Waals surface area contributed by atoms with E-state index in [1.54, 1.807) is 0 Å². The Hall–Kier alpha value is -5.14. The van der Waals surface area contributed by atoms with Crippen molar-refractivity contribution in [3.05, 3.63) is 140 Å². The van der Waals surface area contributed by atoms with Crippen molar-refractivity contribution >= 4 is 124 Å². The quantitative estimate of drug-likeness (QED) is 0.180. The third-order valence-electron chi connectivity index (χ3n) is 11.2. The van der Waals surface area contributed by atoms with Crippen LogP contribution in [0.3, 0.4) is 0 Å². The van der Waals surface area contributed by atoms with E-state index in [1.807, 2.05) is 0 Å². The average molecular weight is 644 g/mol. The maximum atomic E-state index is 2.56. The Balaban J connectivity index is 1.47. The Kier molecular flexibility index (Phi) is 9.58. The highest BCUT2D eigenvalue weighted by molar-refractivity contribution is 6.65. The van der Waals surface area contributed by atoms with Gasteiger partial charge in [-0.2, -0.15) is 0 Å². The maximum absolute atomic E-state index is 2.56. The van der Waals surface area contributed by atoms with E-state index < -0.39 is 0 Å². The van der Waals surface area contributed by atoms with E-state index in [0.29, 0.717) is 0 Å². The molecule has 0 unspecified atom stereocenters. The molecule has 1 nitrogen and oxygen atoms in total. The van der Waals surface area contributed by atoms with Crippen molar-refractivity contribution in [2.24, 2.45) is 0 Å². The van der Waals surface area contributed by atoms with Crippen LogP contribution in [0.25, 0.3) is 44.5 Å². The van der Waals surface area contributed by atoms with E-state index in [0.717, 1.165) is 5.69 Å². The zero-order chi connectivity index (χ0) is 35.8. The summed E-state index contributed by atoms with van der Waals surface area (Å²) in [6.07, 6.45) is 0. The van der Waals surface area contributed by atoms with Crippen LogP contribution in [0.4, 0.5) is 17.1 Å². The summed E-state index contributed by atoms with van der Waals surface area (Å²) in [6.45, 7) is 0. The lowest BCUT2D eigenvalue weighted by molar-refractivity contribution is 1.33. The first-order valence-electron chi connectivity index (χ1n) is 18.1. The minimum Gasteiger partial charge on any atom is -0.313 e. The van der Waals surface area contributed by atoms with Crippen molar-refractivity contribution in [1.29, 1.82) is 0 Å². The summed E-state index contributed by atoms with van der Waals surface area (Å²) < 4.78 is 0. The van der Waals surface area contributed by atoms with E-state index in [-0.39, 0.29) is 0 Å². The summed E-state index contributed by atoms with van der Waals surface area (Å²) in [5.41, 5.74) is 24.3. The van der Waals surface area contributed by atoms with Crippen LogP contribution < -0.4 is 48.6 Å². The number of rotatable bonds is 7. The molecule has 0 saturated heterocycles. The standard InChI is InChI=1S/C42H39B8N/c43-33-31(26-14-6-2-7-15-26)34(44)38(48)41(37(33)47)51(42-39(49)35(45)32(36(46)40(42)50)27-16-8-3-9-17-27)28-22-20-25(21-23-28)30-19-11-10-18-29(30)24-12-4-1-5-13-24/h1-23H,43-50H2. The molecular formula is C42H39B8N. The van der Waals surface area contributed by atoms with Crippen molar-refractivity contribution in [1.82, 2.24) is 0 Å². The molecular weight excluding hydrogens is 605 g/mol. The van der Waals surface area contributed by atoms with Crippen molar-refractivity contribution in [3.8, 4) is 44.5 Å². The predicted octanol–water partition coefficient (Wildman–Crippen LogP) is -2.11. The first kappa shape index (κ1) is 34.3. The average Bonchev–Trinajstić information content (AvgIpc) is 3.17. The fourth-order valence-corrected chi connectivity index (χ4v) is 8.10. The van der Waals surface area contributed by atoms with Gasteiger partial charge in [0.2, 0.25) is 0 Å². The predicted molar refractivity (Wildman–Crippen MR) is 248 cm³/mol. The minimum atomic E-state index is 1.16. The van der Waals surface area contributed by atoms with Gasteiger partial charge in [0.1, 0.15) is 62.8 Å². The molecule has 7 rings (SSSR count). The van der Waals surface area contributed by atoms with E-state index in [1.165, 1.54) is 99.6 Å². The van der Waals surface area contributed by atoms with Crippen molar-refractivity contribution in [2.45, 2.75) is 0 Å². The Labute approximate surface area is 311 Å². The maximum Gasteiger partial charge on any atom is 0.141 e. The SMILES string of the molecule is Bc1c(B)c(N(c2ccc(-c3ccccc3-c3ccccc3)cc2)c2c(B)c(B)c(-c3ccccc3)c(B)c2B)c(B)c(B)c1-c1ccccc1. The molecule has 0 atom stereocenters. The monoisotopic (exact) mass is 645 g/mol. The molecule has 0 bridgehead atoms. The zero-order valence-corrected chi connectivity index (χ0v) is 31.2. The van der Waals surface area contributed by atoms with Gasteiger partial charge in [0.25, 0.3) is 0 Å². The van der Waals surface area contributed by atoms with Gasteiger partial charge in [-0.25, -0.2) is 0 Å². The van der Waals surface area contributed by atoms with Crippen LogP contribution in [0.15, 0.2) is 140 Å². The van der Waals surface area contributed by atoms with Crippen LogP contribution in [0.5, 0.6) is 0 Å². The number of anilines is 3. The Bertz CT molecular complexity index is 2220. The number of hydrogen-bond acceptors (Lipinski definition) is 1. The summed E-state index contributed by atoms with van der Waals surface area (Å²) in [6, 6.07) is 50.4. The summed E-state index contributed by atoms with van der Waals surface area (Å²) in [7, 11) is 18.4. The lowest BCUT2D eigenvalue weighted by Gasteiger charge is -2.36. The molecule has 0 spiro atoms. The molecule has 51 heavy (non-hydrogen) atoms. The lowest BCUT2D eigenvalue weighted by atomic mass is 9.63. The van der Waals surface area contributed by atoms with Gasteiger partial charge in [-0.05, 0) is 56.6 Å². The minimum absolute atomic E-state index is 1.16. The largest absolute Gasteiger partial charge is 0.313 e. The van der Waals surface area contributed by atoms with Crippen LogP contribution in [0, 0.1) is 0 Å². The van der Waals surface area contributed by atoms with Crippen LogP contribution in [0.2, 0.25) is 0 Å². The van der Waals surface area contributed by atoms with Crippen LogP contribution in [0.1, 0.15) is 0 Å². The van der Waals surface area contributed by atoms with Crippen LogP contribution in [-0.2, 0) is 0 Å². The molecule has 0 fully saturated rings. The van der Waals surface area contributed by atoms with Crippen molar-refractivity contribution < 1.29 is 0 Å². The topological polar surface area (TPSA) is 3.24 Å². The highest BCUT2D eigenvalue weighted by atomic mass is 15.1. The molecule has 7 aromatic carbocycles. The Morgan fingerprint density at radius 2 is 0.569 bits per heavy atom. The molecule has 9 heteroatoms. The molecule has 0 radical (unpaired) electrons. The second kappa shape index (κ2) is 14.2. The van der Waals surface area contributed by atoms with Crippen LogP contribution >= 0.6 is 0 Å². The summed E-state index contributed by atoms with van der Waals surface area (Å²) in [4.78, 5) is 2.56. The second-order valence-electron chi connectivity index (χ2n) is 14.0. The first-order chi connectivity index (χ1) is 24.7. The normalized spacial score (nSPS) is 11.0. The van der Waals surface area contributed by atoms with Gasteiger partial charge in [0, 0.05) is 17.1 Å². The van der Waals surface area contributed by atoms with E-state index >= 15 is 0 Å². The first-order valence-corrected chi connectivity index (χ1v) is 18.1. The molecule has 236 valence electrons. The number of nitrogens with zero attached hydrogens (tertiary/aromatic N) is 1. The number of benzene rings is 7. The van der Waals surface area contributed by atoms with E-state index in [9.17, 15) is 0 Å². The molecule has 0 aliphatic heterocycles. The van der Waals surface area contributed by atoms with E-state index in [4.69, 9.17) is 0 Å². The third kappa shape index (κ3) is 6.14. The molecule has 7 aromatic rings. The van der Waals surface area contributed by atoms with Crippen LogP contribution in [-0.4, -0.2) is 62.8 Å². The van der Waals surface area contributed by atoms with Crippen molar-refractivity contribution in [3.63, 3.8) is 0 Å². The van der Waals surface area contributed by atoms with Gasteiger partial charge in [0.15, 0.2) is 0 Å². The summed E-state index contributed by atoms with van der Waals surface area (Å²) >= 11 is 0. The van der Waals surface area contributed by atoms with Gasteiger partial charge in [-0.3, -0.25) is 0 Å². The number of hydrogen-bond donors (Lipinski definition) is 0. The second-order valence-corrected chi connectivity index (χ2v) is 14.0. The highest BCUT2D eigenvalue weighted by Gasteiger charge is 2.26. The van der Waals surface area contributed by atoms with Gasteiger partial charge in [0.05, 0.1) is 0 Å². The fourth-order valence-electron chi connectivity index (χ4n) is 8.10. The van der Waals surface area contributed by atoms with Crippen molar-refractivity contribution in [2.75, 3.05) is 4.90 Å². The molecule has 0 aliphatic carbocycles. The lowest BCUT2D eigenvalue weighted by Crippen LogP contribution is -2.50. The summed E-state index contributed by atoms with van der Waals surface area (Å²) in [5, 5.41) is 0. The molecule has 0 aliphatic rings. The van der Waals surface area contributed by atoms with E-state index in [2.05, 4.69) is 207 Å². The highest BCUT2D eigenvalue weighted by Crippen LogP contribution is 2.36. The molecule has 0 amide bonds. The van der Waals surface area contributed by atoms with Gasteiger partial charge < -0.3 is 4.90 Å². The molecule has 0 N–H and O–H groups in total. The zero-order valence-electron chi connectivity index (χ0n) is 31.2. The molecule has 0 aromatic heterocycles. The third-order valence-corrected chi connectivity index (χ3v) is 11.2. The Morgan fingerprint density at radius 3 is 0.922 bits per heavy atom. The Morgan fingerprint density at radius 1 is 0.275 bits per heavy atom. The molecule has 0 saturated carbocycles. The van der Waals surface area contributed by atoms with Gasteiger partial charge in [-0.15, -0.1) is 0 Å². The van der Waals surface area contributed by atoms with Gasteiger partial charge >= 0.3 is 0 Å².